The van der Waals surface area contributed by atoms with Gasteiger partial charge in [0.1, 0.15) is 0 Å². The second-order valence-corrected chi connectivity index (χ2v) is 8.02. The van der Waals surface area contributed by atoms with Crippen LogP contribution in [0.15, 0.2) is 72.8 Å². The maximum atomic E-state index is 3.30. The Balaban J connectivity index is 0.000000423. The molecule has 0 unspecified atom stereocenters. The van der Waals surface area contributed by atoms with E-state index in [2.05, 4.69) is 90.1 Å². The minimum atomic E-state index is 0. The smallest absolute Gasteiger partial charge is 0.0253 e. The molecule has 3 aromatic carbocycles. The Bertz CT molecular complexity index is 734. The first-order valence-corrected chi connectivity index (χ1v) is 10.1. The van der Waals surface area contributed by atoms with Crippen LogP contribution < -0.4 is 24.8 Å². The van der Waals surface area contributed by atoms with Crippen LogP contribution in [0.5, 0.6) is 0 Å². The molecule has 0 radical (unpaired) electrons. The molecule has 1 aliphatic carbocycles. The molecule has 0 N–H and O–H groups in total. The molecule has 0 nitrogen and oxygen atoms in total. The maximum absolute atomic E-state index is 3.30. The van der Waals surface area contributed by atoms with Gasteiger partial charge in [0.15, 0.2) is 0 Å². The van der Waals surface area contributed by atoms with E-state index in [4.69, 9.17) is 0 Å². The molecule has 0 heterocycles. The molecule has 0 aliphatic heterocycles. The fourth-order valence-electron chi connectivity index (χ4n) is 2.99. The van der Waals surface area contributed by atoms with Crippen LogP contribution in [0.25, 0.3) is 11.1 Å². The quantitative estimate of drug-likeness (QED) is 0.310. The zero-order valence-electron chi connectivity index (χ0n) is 17.0. The van der Waals surface area contributed by atoms with Gasteiger partial charge in [0.2, 0.25) is 0 Å². The molecule has 28 heavy (non-hydrogen) atoms. The molecular formula is C25H28Cl2Ti-2. The van der Waals surface area contributed by atoms with Gasteiger partial charge in [-0.2, -0.15) is 48.0 Å². The maximum Gasteiger partial charge on any atom is -0.0253 e. The van der Waals surface area contributed by atoms with E-state index in [9.17, 15) is 0 Å². The molecule has 4 rings (SSSR count). The van der Waals surface area contributed by atoms with E-state index >= 15 is 0 Å². The first kappa shape index (κ1) is 27.0. The summed E-state index contributed by atoms with van der Waals surface area (Å²) in [5.41, 5.74) is 5.51. The summed E-state index contributed by atoms with van der Waals surface area (Å²) in [6.07, 6.45) is 1.05. The van der Waals surface area contributed by atoms with Crippen LogP contribution in [-0.4, -0.2) is 3.81 Å². The standard InChI is InChI=1S/C13H9.C7H14.C5H5.2ClH.Ti/c1-3-7-12-10(5-1)9-11-6-2-4-8-13(11)12;1-6(2)5-7(3)4;1-2-4-5-3-1;;;/h1-5,7-8H,9H2;6-7H,1-4H3;1-5H;2*1H;/q-1;;-1;;;+2/p-2. The third kappa shape index (κ3) is 8.14. The molecule has 0 atom stereocenters. The Hall–Kier alpha value is -1.05. The van der Waals surface area contributed by atoms with Crippen LogP contribution in [0.1, 0.15) is 38.8 Å². The Morgan fingerprint density at radius 3 is 1.93 bits per heavy atom. The van der Waals surface area contributed by atoms with Gasteiger partial charge in [-0.25, -0.2) is 12.1 Å². The monoisotopic (exact) mass is 446 g/mol. The summed E-state index contributed by atoms with van der Waals surface area (Å²) in [5, 5.41) is 0. The minimum Gasteiger partial charge on any atom is -1.00 e. The van der Waals surface area contributed by atoms with E-state index in [1.165, 1.54) is 22.3 Å². The average Bonchev–Trinajstić information content (AvgIpc) is 3.32. The van der Waals surface area contributed by atoms with Gasteiger partial charge in [0.25, 0.3) is 0 Å². The van der Waals surface area contributed by atoms with Crippen LogP contribution in [-0.2, 0) is 26.4 Å². The molecule has 0 bridgehead atoms. The van der Waals surface area contributed by atoms with Crippen LogP contribution in [0.3, 0.4) is 0 Å². The predicted octanol–water partition coefficient (Wildman–Crippen LogP) is 0.489. The molecule has 0 spiro atoms. The summed E-state index contributed by atoms with van der Waals surface area (Å²) in [4.78, 5) is 0. The van der Waals surface area contributed by atoms with E-state index in [1.807, 2.05) is 36.4 Å². The average molecular weight is 447 g/mol. The van der Waals surface area contributed by atoms with Gasteiger partial charge in [-0.15, -0.1) is 5.56 Å². The van der Waals surface area contributed by atoms with Gasteiger partial charge in [0, 0.05) is 0 Å². The summed E-state index contributed by atoms with van der Waals surface area (Å²) in [6.45, 7) is 8.98. The molecule has 0 fully saturated rings. The van der Waals surface area contributed by atoms with Crippen molar-refractivity contribution in [1.82, 2.24) is 0 Å². The van der Waals surface area contributed by atoms with E-state index in [-0.39, 0.29) is 24.8 Å². The second-order valence-electron chi connectivity index (χ2n) is 7.12. The van der Waals surface area contributed by atoms with Gasteiger partial charge in [-0.3, -0.25) is 0 Å². The topological polar surface area (TPSA) is 0 Å². The normalized spacial score (nSPS) is 10.3. The fraction of sp³-hybridized carbons (Fsp3) is 0.280. The molecule has 1 aliphatic rings. The molecular weight excluding hydrogens is 419 g/mol. The van der Waals surface area contributed by atoms with Crippen molar-refractivity contribution in [3.63, 3.8) is 0 Å². The van der Waals surface area contributed by atoms with Crippen molar-refractivity contribution in [1.29, 1.82) is 0 Å². The van der Waals surface area contributed by atoms with Crippen molar-refractivity contribution in [2.75, 3.05) is 0 Å². The Morgan fingerprint density at radius 1 is 0.857 bits per heavy atom. The van der Waals surface area contributed by atoms with Crippen molar-refractivity contribution >= 4 is 3.81 Å². The third-order valence-electron chi connectivity index (χ3n) is 4.42. The zero-order chi connectivity index (χ0) is 18.9. The Labute approximate surface area is 194 Å². The number of hydrogen-bond acceptors (Lipinski definition) is 0. The van der Waals surface area contributed by atoms with E-state index in [0.717, 1.165) is 18.3 Å². The largest absolute Gasteiger partial charge is 1.00 e. The van der Waals surface area contributed by atoms with Crippen molar-refractivity contribution in [2.45, 2.75) is 34.1 Å². The Morgan fingerprint density at radius 2 is 1.43 bits per heavy atom. The first-order valence-electron chi connectivity index (χ1n) is 9.33. The number of rotatable bonds is 2. The predicted molar refractivity (Wildman–Crippen MR) is 110 cm³/mol. The molecule has 3 heteroatoms. The van der Waals surface area contributed by atoms with Crippen LogP contribution >= 0.6 is 0 Å². The van der Waals surface area contributed by atoms with Crippen molar-refractivity contribution in [3.8, 4) is 11.1 Å². The summed E-state index contributed by atoms with van der Waals surface area (Å²) in [6, 6.07) is 28.1. The fourth-order valence-corrected chi connectivity index (χ4v) is 2.99. The molecule has 0 aromatic heterocycles. The minimum absolute atomic E-state index is 0. The summed E-state index contributed by atoms with van der Waals surface area (Å²) in [7, 11) is 0. The van der Waals surface area contributed by atoms with Gasteiger partial charge >= 0.3 is 63.3 Å². The van der Waals surface area contributed by atoms with Gasteiger partial charge < -0.3 is 24.8 Å². The number of hydrogen-bond donors (Lipinski definition) is 0. The van der Waals surface area contributed by atoms with Crippen LogP contribution in [0, 0.1) is 17.9 Å². The number of fused-ring (bicyclic) bond motifs is 3. The van der Waals surface area contributed by atoms with Gasteiger partial charge in [-0.1, -0.05) is 35.4 Å². The SMILES string of the molecule is CC(C)[C](=[Ti+2])C(C)C.[Cl-].[Cl-].[c-]1cccc2c1Cc1ccccc1-2.c1cc[cH-]c1. The number of benzene rings is 2. The third-order valence-corrected chi connectivity index (χ3v) is 6.22. The zero-order valence-corrected chi connectivity index (χ0v) is 20.1. The van der Waals surface area contributed by atoms with Crippen molar-refractivity contribution < 1.29 is 44.8 Å². The van der Waals surface area contributed by atoms with Gasteiger partial charge in [0.05, 0.1) is 0 Å². The molecule has 3 aromatic rings. The molecule has 0 amide bonds. The van der Waals surface area contributed by atoms with Crippen molar-refractivity contribution in [3.05, 3.63) is 90.0 Å². The summed E-state index contributed by atoms with van der Waals surface area (Å²) < 4.78 is 1.60. The van der Waals surface area contributed by atoms with Gasteiger partial charge in [-0.05, 0) is 6.42 Å². The molecule has 0 saturated carbocycles. The molecule has 148 valence electrons. The van der Waals surface area contributed by atoms with E-state index in [0.29, 0.717) is 0 Å². The van der Waals surface area contributed by atoms with Crippen LogP contribution in [0.4, 0.5) is 0 Å². The summed E-state index contributed by atoms with van der Waals surface area (Å²) >= 11 is 2.23. The van der Waals surface area contributed by atoms with Crippen molar-refractivity contribution in [2.24, 2.45) is 11.8 Å². The van der Waals surface area contributed by atoms with Crippen LogP contribution in [0.2, 0.25) is 0 Å². The molecule has 0 saturated heterocycles. The van der Waals surface area contributed by atoms with E-state index < -0.39 is 0 Å². The van der Waals surface area contributed by atoms with E-state index in [1.54, 1.807) is 3.81 Å². The number of halogens is 2. The second kappa shape index (κ2) is 14.0. The summed E-state index contributed by atoms with van der Waals surface area (Å²) in [5.74, 6) is 1.52. The Kier molecular flexibility index (Phi) is 13.5. The first-order chi connectivity index (χ1) is 12.5.